The van der Waals surface area contributed by atoms with Crippen molar-refractivity contribution in [1.82, 2.24) is 14.7 Å². The number of fused-ring (bicyclic) bond motifs is 1. The van der Waals surface area contributed by atoms with E-state index >= 15 is 0 Å². The molecule has 0 saturated carbocycles. The Bertz CT molecular complexity index is 584. The molecule has 0 bridgehead atoms. The second kappa shape index (κ2) is 5.13. The standard InChI is InChI=1S/C14H19BrN4/c1-18(2)11-5-8-19-12(9-11)13(15)17-14(19)10-3-6-16-7-4-10/h5,8-10,16H,3-4,6-7H2,1-2H3. The van der Waals surface area contributed by atoms with Crippen LogP contribution in [0.25, 0.3) is 5.52 Å². The molecule has 3 heterocycles. The van der Waals surface area contributed by atoms with Gasteiger partial charge in [-0.2, -0.15) is 0 Å². The van der Waals surface area contributed by atoms with Gasteiger partial charge >= 0.3 is 0 Å². The first kappa shape index (κ1) is 12.9. The largest absolute Gasteiger partial charge is 0.378 e. The number of anilines is 1. The zero-order valence-corrected chi connectivity index (χ0v) is 12.9. The van der Waals surface area contributed by atoms with Crippen LogP contribution in [0, 0.1) is 0 Å². The van der Waals surface area contributed by atoms with E-state index in [9.17, 15) is 0 Å². The van der Waals surface area contributed by atoms with Crippen LogP contribution in [-0.2, 0) is 0 Å². The van der Waals surface area contributed by atoms with Crippen molar-refractivity contribution in [2.45, 2.75) is 18.8 Å². The molecule has 3 rings (SSSR count). The van der Waals surface area contributed by atoms with Crippen LogP contribution in [0.4, 0.5) is 5.69 Å². The van der Waals surface area contributed by atoms with Gasteiger partial charge in [0.1, 0.15) is 10.4 Å². The van der Waals surface area contributed by atoms with E-state index in [1.165, 1.54) is 24.4 Å². The van der Waals surface area contributed by atoms with E-state index in [1.807, 2.05) is 0 Å². The predicted molar refractivity (Wildman–Crippen MR) is 82.1 cm³/mol. The van der Waals surface area contributed by atoms with E-state index in [1.54, 1.807) is 0 Å². The molecule has 4 nitrogen and oxygen atoms in total. The molecule has 19 heavy (non-hydrogen) atoms. The topological polar surface area (TPSA) is 32.6 Å². The lowest BCUT2D eigenvalue weighted by atomic mass is 9.97. The number of piperidine rings is 1. The predicted octanol–water partition coefficient (Wildman–Crippen LogP) is 2.63. The van der Waals surface area contributed by atoms with Crippen molar-refractivity contribution < 1.29 is 0 Å². The molecule has 0 aliphatic carbocycles. The average Bonchev–Trinajstić information content (AvgIpc) is 2.77. The number of aromatic nitrogens is 2. The van der Waals surface area contributed by atoms with E-state index in [-0.39, 0.29) is 0 Å². The summed E-state index contributed by atoms with van der Waals surface area (Å²) in [6.07, 6.45) is 4.47. The van der Waals surface area contributed by atoms with Gasteiger partial charge < -0.3 is 14.6 Å². The van der Waals surface area contributed by atoms with Gasteiger partial charge in [0.05, 0.1) is 5.52 Å². The third-order valence-corrected chi connectivity index (χ3v) is 4.41. The van der Waals surface area contributed by atoms with Gasteiger partial charge in [0, 0.05) is 31.9 Å². The van der Waals surface area contributed by atoms with Crippen molar-refractivity contribution in [1.29, 1.82) is 0 Å². The Balaban J connectivity index is 2.06. The number of imidazole rings is 1. The van der Waals surface area contributed by atoms with E-state index < -0.39 is 0 Å². The summed E-state index contributed by atoms with van der Waals surface area (Å²) < 4.78 is 3.18. The average molecular weight is 323 g/mol. The first-order valence-corrected chi connectivity index (χ1v) is 7.51. The highest BCUT2D eigenvalue weighted by atomic mass is 79.9. The van der Waals surface area contributed by atoms with Crippen LogP contribution in [0.5, 0.6) is 0 Å². The van der Waals surface area contributed by atoms with E-state index in [0.29, 0.717) is 5.92 Å². The van der Waals surface area contributed by atoms with Crippen molar-refractivity contribution in [3.05, 3.63) is 28.8 Å². The molecule has 102 valence electrons. The molecule has 0 amide bonds. The maximum absolute atomic E-state index is 4.75. The number of pyridine rings is 1. The summed E-state index contributed by atoms with van der Waals surface area (Å²) >= 11 is 3.60. The van der Waals surface area contributed by atoms with Crippen LogP contribution in [0.1, 0.15) is 24.6 Å². The highest BCUT2D eigenvalue weighted by molar-refractivity contribution is 9.10. The first-order chi connectivity index (χ1) is 9.16. The fourth-order valence-corrected chi connectivity index (χ4v) is 3.19. The van der Waals surface area contributed by atoms with Crippen LogP contribution in [0.3, 0.4) is 0 Å². The van der Waals surface area contributed by atoms with Gasteiger partial charge in [-0.05, 0) is 54.0 Å². The Labute approximate surface area is 121 Å². The van der Waals surface area contributed by atoms with Gasteiger partial charge in [0.2, 0.25) is 0 Å². The molecule has 2 aromatic heterocycles. The highest BCUT2D eigenvalue weighted by Gasteiger charge is 2.21. The minimum absolute atomic E-state index is 0.560. The van der Waals surface area contributed by atoms with Crippen LogP contribution in [-0.4, -0.2) is 36.6 Å². The van der Waals surface area contributed by atoms with Crippen molar-refractivity contribution in [2.24, 2.45) is 0 Å². The lowest BCUT2D eigenvalue weighted by molar-refractivity contribution is 0.444. The van der Waals surface area contributed by atoms with E-state index in [2.05, 4.69) is 63.0 Å². The fraction of sp³-hybridized carbons (Fsp3) is 0.500. The molecular weight excluding hydrogens is 304 g/mol. The summed E-state index contributed by atoms with van der Waals surface area (Å²) in [7, 11) is 4.12. The third kappa shape index (κ3) is 2.37. The molecule has 2 aromatic rings. The van der Waals surface area contributed by atoms with E-state index in [0.717, 1.165) is 23.2 Å². The summed E-state index contributed by atoms with van der Waals surface area (Å²) in [4.78, 5) is 6.86. The van der Waals surface area contributed by atoms with Gasteiger partial charge in [-0.15, -0.1) is 0 Å². The number of rotatable bonds is 2. The maximum atomic E-state index is 4.75. The van der Waals surface area contributed by atoms with Crippen LogP contribution in [0.15, 0.2) is 22.9 Å². The SMILES string of the molecule is CN(C)c1ccn2c(C3CCNCC3)nc(Br)c2c1. The molecule has 0 aromatic carbocycles. The monoisotopic (exact) mass is 322 g/mol. The number of halogens is 1. The molecular formula is C14H19BrN4. The van der Waals surface area contributed by atoms with Crippen molar-refractivity contribution in [3.63, 3.8) is 0 Å². The van der Waals surface area contributed by atoms with Crippen molar-refractivity contribution in [2.75, 3.05) is 32.1 Å². The minimum atomic E-state index is 0.560. The second-order valence-electron chi connectivity index (χ2n) is 5.32. The number of hydrogen-bond acceptors (Lipinski definition) is 3. The number of hydrogen-bond donors (Lipinski definition) is 1. The Morgan fingerprint density at radius 3 is 2.79 bits per heavy atom. The fourth-order valence-electron chi connectivity index (χ4n) is 2.71. The molecule has 1 aliphatic heterocycles. The highest BCUT2D eigenvalue weighted by Crippen LogP contribution is 2.30. The zero-order valence-electron chi connectivity index (χ0n) is 11.4. The summed E-state index contributed by atoms with van der Waals surface area (Å²) in [6, 6.07) is 4.33. The lowest BCUT2D eigenvalue weighted by Gasteiger charge is -2.21. The Hall–Kier alpha value is -1.07. The number of nitrogens with zero attached hydrogens (tertiary/aromatic N) is 3. The van der Waals surface area contributed by atoms with Crippen LogP contribution >= 0.6 is 15.9 Å². The first-order valence-electron chi connectivity index (χ1n) is 6.72. The minimum Gasteiger partial charge on any atom is -0.378 e. The second-order valence-corrected chi connectivity index (χ2v) is 6.07. The smallest absolute Gasteiger partial charge is 0.132 e. The summed E-state index contributed by atoms with van der Waals surface area (Å²) in [6.45, 7) is 2.18. The summed E-state index contributed by atoms with van der Waals surface area (Å²) in [5.74, 6) is 1.75. The Morgan fingerprint density at radius 2 is 2.11 bits per heavy atom. The molecule has 0 spiro atoms. The molecule has 1 saturated heterocycles. The maximum Gasteiger partial charge on any atom is 0.132 e. The van der Waals surface area contributed by atoms with Crippen molar-refractivity contribution in [3.8, 4) is 0 Å². The van der Waals surface area contributed by atoms with Gasteiger partial charge in [0.25, 0.3) is 0 Å². The molecule has 0 atom stereocenters. The molecule has 0 radical (unpaired) electrons. The molecule has 1 aliphatic rings. The van der Waals surface area contributed by atoms with Gasteiger partial charge in [-0.25, -0.2) is 4.98 Å². The van der Waals surface area contributed by atoms with Gasteiger partial charge in [-0.3, -0.25) is 0 Å². The van der Waals surface area contributed by atoms with Gasteiger partial charge in [0.15, 0.2) is 0 Å². The quantitative estimate of drug-likeness (QED) is 0.922. The number of nitrogens with one attached hydrogen (secondary N) is 1. The zero-order chi connectivity index (χ0) is 13.4. The summed E-state index contributed by atoms with van der Waals surface area (Å²) in [5, 5.41) is 3.41. The molecule has 1 N–H and O–H groups in total. The Kier molecular flexibility index (Phi) is 3.50. The normalized spacial score (nSPS) is 17.0. The molecule has 5 heteroatoms. The van der Waals surface area contributed by atoms with Crippen LogP contribution in [0.2, 0.25) is 0 Å². The van der Waals surface area contributed by atoms with Gasteiger partial charge in [-0.1, -0.05) is 0 Å². The van der Waals surface area contributed by atoms with Crippen LogP contribution < -0.4 is 10.2 Å². The lowest BCUT2D eigenvalue weighted by Crippen LogP contribution is -2.27. The van der Waals surface area contributed by atoms with E-state index in [4.69, 9.17) is 4.98 Å². The summed E-state index contributed by atoms with van der Waals surface area (Å²) in [5.41, 5.74) is 2.35. The van der Waals surface area contributed by atoms with Crippen molar-refractivity contribution >= 4 is 27.1 Å². The molecule has 1 fully saturated rings. The Morgan fingerprint density at radius 1 is 1.37 bits per heavy atom. The molecule has 0 unspecified atom stereocenters. The third-order valence-electron chi connectivity index (χ3n) is 3.83.